The van der Waals surface area contributed by atoms with E-state index in [2.05, 4.69) is 46.7 Å². The summed E-state index contributed by atoms with van der Waals surface area (Å²) in [6.07, 6.45) is 2.26. The van der Waals surface area contributed by atoms with Crippen molar-refractivity contribution in [3.05, 3.63) is 40.4 Å². The highest BCUT2D eigenvalue weighted by Gasteiger charge is 2.14. The van der Waals surface area contributed by atoms with Crippen LogP contribution >= 0.6 is 11.3 Å². The van der Waals surface area contributed by atoms with Gasteiger partial charge >= 0.3 is 0 Å². The second-order valence-electron chi connectivity index (χ2n) is 5.05. The van der Waals surface area contributed by atoms with Crippen molar-refractivity contribution in [1.29, 1.82) is 0 Å². The third kappa shape index (κ3) is 4.61. The van der Waals surface area contributed by atoms with E-state index < -0.39 is 6.04 Å². The summed E-state index contributed by atoms with van der Waals surface area (Å²) in [6, 6.07) is 7.81. The van der Waals surface area contributed by atoms with Crippen LogP contribution in [0, 0.1) is 6.92 Å². The van der Waals surface area contributed by atoms with Crippen LogP contribution in [0.25, 0.3) is 0 Å². The van der Waals surface area contributed by atoms with Gasteiger partial charge < -0.3 is 5.73 Å². The summed E-state index contributed by atoms with van der Waals surface area (Å²) in [4.78, 5) is 11.8. The first-order chi connectivity index (χ1) is 10.1. The predicted octanol–water partition coefficient (Wildman–Crippen LogP) is 2.50. The summed E-state index contributed by atoms with van der Waals surface area (Å²) in [7, 11) is 0. The van der Waals surface area contributed by atoms with Gasteiger partial charge in [0.15, 0.2) is 0 Å². The van der Waals surface area contributed by atoms with Gasteiger partial charge in [-0.05, 0) is 18.9 Å². The van der Waals surface area contributed by atoms with Gasteiger partial charge in [-0.2, -0.15) is 0 Å². The average Bonchev–Trinajstić information content (AvgIpc) is 2.89. The fourth-order valence-electron chi connectivity index (χ4n) is 1.90. The van der Waals surface area contributed by atoms with Crippen LogP contribution in [-0.4, -0.2) is 22.1 Å². The molecule has 0 aliphatic carbocycles. The van der Waals surface area contributed by atoms with Crippen molar-refractivity contribution in [2.24, 2.45) is 5.73 Å². The zero-order valence-corrected chi connectivity index (χ0v) is 13.1. The highest BCUT2D eigenvalue weighted by molar-refractivity contribution is 7.15. The zero-order valence-electron chi connectivity index (χ0n) is 12.3. The topological polar surface area (TPSA) is 80.9 Å². The molecule has 21 heavy (non-hydrogen) atoms. The number of amides is 1. The molecule has 1 aromatic carbocycles. The molecule has 0 bridgehead atoms. The molecule has 1 unspecified atom stereocenters. The summed E-state index contributed by atoms with van der Waals surface area (Å²) < 4.78 is 0. The Balaban J connectivity index is 1.95. The number of nitrogens with zero attached hydrogens (tertiary/aromatic N) is 2. The summed E-state index contributed by atoms with van der Waals surface area (Å²) in [5, 5.41) is 12.2. The lowest BCUT2D eigenvalue weighted by Gasteiger charge is -2.08. The van der Waals surface area contributed by atoms with Crippen molar-refractivity contribution in [1.82, 2.24) is 10.2 Å². The lowest BCUT2D eigenvalue weighted by atomic mass is 10.1. The molecular formula is C15H20N4OS. The fourth-order valence-corrected chi connectivity index (χ4v) is 2.67. The summed E-state index contributed by atoms with van der Waals surface area (Å²) in [6.45, 7) is 4.06. The van der Waals surface area contributed by atoms with Crippen molar-refractivity contribution < 1.29 is 4.79 Å². The number of anilines is 1. The van der Waals surface area contributed by atoms with E-state index in [1.54, 1.807) is 0 Å². The first-order valence-electron chi connectivity index (χ1n) is 7.03. The quantitative estimate of drug-likeness (QED) is 0.859. The summed E-state index contributed by atoms with van der Waals surface area (Å²) in [5.74, 6) is -0.199. The molecule has 1 amide bonds. The Kier molecular flexibility index (Phi) is 5.41. The van der Waals surface area contributed by atoms with Crippen LogP contribution in [-0.2, 0) is 11.2 Å². The van der Waals surface area contributed by atoms with E-state index in [0.717, 1.165) is 17.8 Å². The fraction of sp³-hybridized carbons (Fsp3) is 0.400. The Morgan fingerprint density at radius 1 is 1.33 bits per heavy atom. The van der Waals surface area contributed by atoms with Crippen LogP contribution in [0.2, 0.25) is 0 Å². The number of aromatic nitrogens is 2. The van der Waals surface area contributed by atoms with Crippen LogP contribution < -0.4 is 11.1 Å². The minimum absolute atomic E-state index is 0.199. The number of hydrogen-bond donors (Lipinski definition) is 2. The molecule has 112 valence electrons. The van der Waals surface area contributed by atoms with Gasteiger partial charge in [0.05, 0.1) is 6.04 Å². The van der Waals surface area contributed by atoms with E-state index in [1.165, 1.54) is 22.5 Å². The molecule has 1 atom stereocenters. The molecule has 0 aliphatic rings. The first kappa shape index (κ1) is 15.6. The number of nitrogens with two attached hydrogens (primary N) is 1. The lowest BCUT2D eigenvalue weighted by molar-refractivity contribution is -0.117. The van der Waals surface area contributed by atoms with E-state index in [-0.39, 0.29) is 5.91 Å². The predicted molar refractivity (Wildman–Crippen MR) is 85.4 cm³/mol. The van der Waals surface area contributed by atoms with Crippen LogP contribution in [0.5, 0.6) is 0 Å². The van der Waals surface area contributed by atoms with Gasteiger partial charge in [-0.1, -0.05) is 54.5 Å². The first-order valence-corrected chi connectivity index (χ1v) is 7.84. The van der Waals surface area contributed by atoms with Gasteiger partial charge in [0.1, 0.15) is 5.01 Å². The highest BCUT2D eigenvalue weighted by Crippen LogP contribution is 2.19. The van der Waals surface area contributed by atoms with E-state index in [0.29, 0.717) is 11.6 Å². The van der Waals surface area contributed by atoms with Gasteiger partial charge in [-0.25, -0.2) is 0 Å². The Bertz CT molecular complexity index is 594. The molecular weight excluding hydrogens is 284 g/mol. The molecule has 1 aromatic heterocycles. The molecule has 0 spiro atoms. The minimum atomic E-state index is -0.487. The monoisotopic (exact) mass is 304 g/mol. The number of hydrogen-bond acceptors (Lipinski definition) is 5. The van der Waals surface area contributed by atoms with Crippen LogP contribution in [0.1, 0.15) is 35.9 Å². The highest BCUT2D eigenvalue weighted by atomic mass is 32.1. The SMILES string of the molecule is CCCC(N)C(=O)Nc1nnc(Cc2ccc(C)cc2)s1. The average molecular weight is 304 g/mol. The van der Waals surface area contributed by atoms with Crippen molar-refractivity contribution >= 4 is 22.4 Å². The maximum absolute atomic E-state index is 11.8. The van der Waals surface area contributed by atoms with E-state index >= 15 is 0 Å². The molecule has 0 fully saturated rings. The molecule has 0 radical (unpaired) electrons. The number of carbonyl (C=O) groups is 1. The van der Waals surface area contributed by atoms with E-state index in [9.17, 15) is 4.79 Å². The Labute approximate surface area is 128 Å². The summed E-state index contributed by atoms with van der Waals surface area (Å²) >= 11 is 1.39. The van der Waals surface area contributed by atoms with Crippen molar-refractivity contribution in [3.8, 4) is 0 Å². The number of aryl methyl sites for hydroxylation is 1. The maximum Gasteiger partial charge on any atom is 0.243 e. The van der Waals surface area contributed by atoms with Gasteiger partial charge in [-0.3, -0.25) is 10.1 Å². The maximum atomic E-state index is 11.8. The Morgan fingerprint density at radius 2 is 2.05 bits per heavy atom. The van der Waals surface area contributed by atoms with Crippen molar-refractivity contribution in [2.45, 2.75) is 39.2 Å². The molecule has 5 nitrogen and oxygen atoms in total. The third-order valence-corrected chi connectivity index (χ3v) is 3.95. The standard InChI is InChI=1S/C15H20N4OS/c1-3-4-12(16)14(20)17-15-19-18-13(21-15)9-11-7-5-10(2)6-8-11/h5-8,12H,3-4,9,16H2,1-2H3,(H,17,19,20). The number of rotatable bonds is 6. The van der Waals surface area contributed by atoms with Crippen LogP contribution in [0.4, 0.5) is 5.13 Å². The second-order valence-corrected chi connectivity index (χ2v) is 6.11. The molecule has 2 rings (SSSR count). The molecule has 0 aliphatic heterocycles. The van der Waals surface area contributed by atoms with E-state index in [1.807, 2.05) is 6.92 Å². The largest absolute Gasteiger partial charge is 0.320 e. The minimum Gasteiger partial charge on any atom is -0.320 e. The molecule has 0 saturated heterocycles. The Hall–Kier alpha value is -1.79. The molecule has 1 heterocycles. The molecule has 2 aromatic rings. The molecule has 3 N–H and O–H groups in total. The smallest absolute Gasteiger partial charge is 0.243 e. The van der Waals surface area contributed by atoms with Gasteiger partial charge in [-0.15, -0.1) is 10.2 Å². The van der Waals surface area contributed by atoms with Crippen LogP contribution in [0.15, 0.2) is 24.3 Å². The second kappa shape index (κ2) is 7.28. The number of benzene rings is 1. The van der Waals surface area contributed by atoms with Gasteiger partial charge in [0, 0.05) is 6.42 Å². The van der Waals surface area contributed by atoms with Crippen molar-refractivity contribution in [3.63, 3.8) is 0 Å². The van der Waals surface area contributed by atoms with Gasteiger partial charge in [0.25, 0.3) is 0 Å². The third-order valence-electron chi connectivity index (χ3n) is 3.11. The lowest BCUT2D eigenvalue weighted by Crippen LogP contribution is -2.35. The Morgan fingerprint density at radius 3 is 2.71 bits per heavy atom. The van der Waals surface area contributed by atoms with Crippen molar-refractivity contribution in [2.75, 3.05) is 5.32 Å². The number of nitrogens with one attached hydrogen (secondary N) is 1. The summed E-state index contributed by atoms with van der Waals surface area (Å²) in [5.41, 5.74) is 8.17. The number of carbonyl (C=O) groups excluding carboxylic acids is 1. The molecule has 6 heteroatoms. The molecule has 0 saturated carbocycles. The normalized spacial score (nSPS) is 12.1. The zero-order chi connectivity index (χ0) is 15.2. The van der Waals surface area contributed by atoms with Crippen LogP contribution in [0.3, 0.4) is 0 Å². The van der Waals surface area contributed by atoms with E-state index in [4.69, 9.17) is 5.73 Å². The van der Waals surface area contributed by atoms with Gasteiger partial charge in [0.2, 0.25) is 11.0 Å².